The summed E-state index contributed by atoms with van der Waals surface area (Å²) in [5.41, 5.74) is 0.918. The molecular formula is C19H19N5O3S. The Kier molecular flexibility index (Phi) is 4.93. The fourth-order valence-electron chi connectivity index (χ4n) is 3.07. The van der Waals surface area contributed by atoms with Crippen molar-refractivity contribution in [2.24, 2.45) is 0 Å². The van der Waals surface area contributed by atoms with Gasteiger partial charge in [-0.25, -0.2) is 18.4 Å². The molecule has 3 aromatic rings. The van der Waals surface area contributed by atoms with E-state index in [4.69, 9.17) is 0 Å². The van der Waals surface area contributed by atoms with Gasteiger partial charge in [0.1, 0.15) is 12.1 Å². The van der Waals surface area contributed by atoms with Gasteiger partial charge in [0, 0.05) is 31.0 Å². The first-order valence-electron chi connectivity index (χ1n) is 8.90. The third-order valence-corrected chi connectivity index (χ3v) is 6.51. The average Bonchev–Trinajstić information content (AvgIpc) is 3.43. The number of rotatable bonds is 5. The number of nitrogens with one attached hydrogen (secondary N) is 1. The molecule has 144 valence electrons. The smallest absolute Gasteiger partial charge is 0.255 e. The maximum Gasteiger partial charge on any atom is 0.255 e. The highest BCUT2D eigenvalue weighted by Crippen LogP contribution is 2.21. The van der Waals surface area contributed by atoms with E-state index in [9.17, 15) is 13.2 Å². The predicted molar refractivity (Wildman–Crippen MR) is 104 cm³/mol. The Labute approximate surface area is 162 Å². The first-order chi connectivity index (χ1) is 13.5. The Morgan fingerprint density at radius 3 is 2.39 bits per heavy atom. The predicted octanol–water partition coefficient (Wildman–Crippen LogP) is 2.30. The minimum Gasteiger partial charge on any atom is -0.321 e. The minimum absolute atomic E-state index is 0.206. The fourth-order valence-corrected chi connectivity index (χ4v) is 4.58. The van der Waals surface area contributed by atoms with Gasteiger partial charge in [-0.3, -0.25) is 9.36 Å². The van der Waals surface area contributed by atoms with Gasteiger partial charge < -0.3 is 5.32 Å². The van der Waals surface area contributed by atoms with Crippen LogP contribution < -0.4 is 5.32 Å². The maximum atomic E-state index is 12.5. The van der Waals surface area contributed by atoms with Crippen LogP contribution in [0.2, 0.25) is 0 Å². The van der Waals surface area contributed by atoms with Crippen molar-refractivity contribution in [2.75, 3.05) is 18.4 Å². The second-order valence-electron chi connectivity index (χ2n) is 6.46. The molecule has 0 saturated carbocycles. The van der Waals surface area contributed by atoms with Gasteiger partial charge in [0.25, 0.3) is 5.91 Å². The molecule has 1 aliphatic heterocycles. The monoisotopic (exact) mass is 397 g/mol. The van der Waals surface area contributed by atoms with Crippen LogP contribution in [-0.2, 0) is 10.0 Å². The summed E-state index contributed by atoms with van der Waals surface area (Å²) in [7, 11) is -3.48. The van der Waals surface area contributed by atoms with Gasteiger partial charge in [-0.2, -0.15) is 4.31 Å². The van der Waals surface area contributed by atoms with Crippen molar-refractivity contribution < 1.29 is 13.2 Å². The zero-order valence-electron chi connectivity index (χ0n) is 15.0. The molecule has 9 heteroatoms. The van der Waals surface area contributed by atoms with Crippen LogP contribution in [-0.4, -0.2) is 46.3 Å². The summed E-state index contributed by atoms with van der Waals surface area (Å²) in [5, 5.41) is 2.76. The van der Waals surface area contributed by atoms with Gasteiger partial charge in [-0.05, 0) is 49.2 Å². The Morgan fingerprint density at radius 2 is 1.79 bits per heavy atom. The quantitative estimate of drug-likeness (QED) is 0.712. The molecule has 28 heavy (non-hydrogen) atoms. The number of carbonyl (C=O) groups excluding carboxylic acids is 1. The van der Waals surface area contributed by atoms with E-state index in [0.29, 0.717) is 30.2 Å². The summed E-state index contributed by atoms with van der Waals surface area (Å²) >= 11 is 0. The lowest BCUT2D eigenvalue weighted by atomic mass is 10.2. The number of benzene rings is 1. The van der Waals surface area contributed by atoms with Crippen LogP contribution in [0.15, 0.2) is 66.2 Å². The van der Waals surface area contributed by atoms with Crippen LogP contribution in [0.25, 0.3) is 5.82 Å². The van der Waals surface area contributed by atoms with Gasteiger partial charge in [0.2, 0.25) is 10.0 Å². The number of carbonyl (C=O) groups is 1. The average molecular weight is 397 g/mol. The highest BCUT2D eigenvalue weighted by molar-refractivity contribution is 7.89. The molecule has 1 saturated heterocycles. The highest BCUT2D eigenvalue weighted by atomic mass is 32.2. The van der Waals surface area contributed by atoms with Crippen LogP contribution >= 0.6 is 0 Å². The second kappa shape index (κ2) is 7.53. The van der Waals surface area contributed by atoms with Crippen molar-refractivity contribution in [1.29, 1.82) is 0 Å². The van der Waals surface area contributed by atoms with E-state index in [1.54, 1.807) is 41.6 Å². The van der Waals surface area contributed by atoms with E-state index >= 15 is 0 Å². The molecule has 0 atom stereocenters. The Bertz CT molecular complexity index is 1060. The molecule has 1 fully saturated rings. The Balaban J connectivity index is 1.45. The fraction of sp³-hybridized carbons (Fsp3) is 0.211. The SMILES string of the molecule is O=C(Nc1ccc(-n2ccnc2)nc1)c1ccc(S(=O)(=O)N2CCCC2)cc1. The maximum absolute atomic E-state index is 12.5. The van der Waals surface area contributed by atoms with Gasteiger partial charge in [0.15, 0.2) is 0 Å². The normalized spacial score (nSPS) is 14.9. The molecule has 0 aliphatic carbocycles. The first kappa shape index (κ1) is 18.3. The van der Waals surface area contributed by atoms with Crippen molar-refractivity contribution in [1.82, 2.24) is 18.8 Å². The molecule has 0 spiro atoms. The topological polar surface area (TPSA) is 97.2 Å². The number of hydrogen-bond acceptors (Lipinski definition) is 5. The van der Waals surface area contributed by atoms with E-state index in [0.717, 1.165) is 12.8 Å². The van der Waals surface area contributed by atoms with Gasteiger partial charge in [-0.15, -0.1) is 0 Å². The summed E-state index contributed by atoms with van der Waals surface area (Å²) in [4.78, 5) is 20.9. The molecule has 1 aromatic carbocycles. The summed E-state index contributed by atoms with van der Waals surface area (Å²) < 4.78 is 28.3. The van der Waals surface area contributed by atoms with E-state index in [2.05, 4.69) is 15.3 Å². The molecule has 0 bridgehead atoms. The van der Waals surface area contributed by atoms with Gasteiger partial charge in [0.05, 0.1) is 16.8 Å². The van der Waals surface area contributed by atoms with Crippen LogP contribution in [0.5, 0.6) is 0 Å². The van der Waals surface area contributed by atoms with E-state index < -0.39 is 10.0 Å². The molecule has 4 rings (SSSR count). The lowest BCUT2D eigenvalue weighted by Gasteiger charge is -2.15. The first-order valence-corrected chi connectivity index (χ1v) is 10.3. The third kappa shape index (κ3) is 3.67. The zero-order chi connectivity index (χ0) is 19.6. The van der Waals surface area contributed by atoms with E-state index in [1.165, 1.54) is 28.6 Å². The number of imidazole rings is 1. The number of amides is 1. The standard InChI is InChI=1S/C19H19N5O3S/c25-19(22-16-5-8-18(21-13-16)23-12-9-20-14-23)15-3-6-17(7-4-15)28(26,27)24-10-1-2-11-24/h3-9,12-14H,1-2,10-11H2,(H,22,25). The largest absolute Gasteiger partial charge is 0.321 e. The molecule has 3 heterocycles. The highest BCUT2D eigenvalue weighted by Gasteiger charge is 2.27. The number of anilines is 1. The number of sulfonamides is 1. The van der Waals surface area contributed by atoms with Gasteiger partial charge >= 0.3 is 0 Å². The number of pyridine rings is 1. The molecule has 8 nitrogen and oxygen atoms in total. The third-order valence-electron chi connectivity index (χ3n) is 4.59. The van der Waals surface area contributed by atoms with Crippen molar-refractivity contribution >= 4 is 21.6 Å². The lowest BCUT2D eigenvalue weighted by molar-refractivity contribution is 0.102. The molecule has 1 N–H and O–H groups in total. The van der Waals surface area contributed by atoms with E-state index in [-0.39, 0.29) is 10.8 Å². The molecule has 1 amide bonds. The summed E-state index contributed by atoms with van der Waals surface area (Å²) in [6, 6.07) is 9.50. The second-order valence-corrected chi connectivity index (χ2v) is 8.40. The number of nitrogens with zero attached hydrogens (tertiary/aromatic N) is 4. The van der Waals surface area contributed by atoms with Crippen LogP contribution in [0.3, 0.4) is 0 Å². The van der Waals surface area contributed by atoms with Crippen LogP contribution in [0, 0.1) is 0 Å². The summed E-state index contributed by atoms with van der Waals surface area (Å²) in [5.74, 6) is 0.356. The van der Waals surface area contributed by atoms with Crippen LogP contribution in [0.4, 0.5) is 5.69 Å². The van der Waals surface area contributed by atoms with Crippen molar-refractivity contribution in [3.8, 4) is 5.82 Å². The Hall–Kier alpha value is -3.04. The molecule has 0 radical (unpaired) electrons. The molecule has 1 aliphatic rings. The van der Waals surface area contributed by atoms with Crippen molar-refractivity contribution in [2.45, 2.75) is 17.7 Å². The molecular weight excluding hydrogens is 378 g/mol. The Morgan fingerprint density at radius 1 is 1.04 bits per heavy atom. The summed E-state index contributed by atoms with van der Waals surface area (Å²) in [6.07, 6.45) is 8.39. The van der Waals surface area contributed by atoms with Crippen molar-refractivity contribution in [3.63, 3.8) is 0 Å². The summed E-state index contributed by atoms with van der Waals surface area (Å²) in [6.45, 7) is 1.10. The van der Waals surface area contributed by atoms with Gasteiger partial charge in [-0.1, -0.05) is 0 Å². The lowest BCUT2D eigenvalue weighted by Crippen LogP contribution is -2.27. The number of hydrogen-bond donors (Lipinski definition) is 1. The minimum atomic E-state index is -3.48. The van der Waals surface area contributed by atoms with Crippen molar-refractivity contribution in [3.05, 3.63) is 66.9 Å². The van der Waals surface area contributed by atoms with E-state index in [1.807, 2.05) is 0 Å². The molecule has 2 aromatic heterocycles. The van der Waals surface area contributed by atoms with Crippen LogP contribution in [0.1, 0.15) is 23.2 Å². The molecule has 0 unspecified atom stereocenters. The number of aromatic nitrogens is 3. The zero-order valence-corrected chi connectivity index (χ0v) is 15.8.